The zero-order valence-electron chi connectivity index (χ0n) is 8.93. The van der Waals surface area contributed by atoms with Gasteiger partial charge in [-0.05, 0) is 0 Å². The number of hydrogen-bond donors (Lipinski definition) is 0. The molecular weight excluding hydrogens is 180 g/mol. The van der Waals surface area contributed by atoms with Crippen LogP contribution in [0.4, 0.5) is 0 Å². The standard InChI is InChI=1S/C10H20O2Si/c1-5-10(11)12-9-13(6-2,7-3)8-4/h5H,1,6-9H2,2-4H3. The van der Waals surface area contributed by atoms with Crippen molar-refractivity contribution in [3.8, 4) is 0 Å². The van der Waals surface area contributed by atoms with Gasteiger partial charge in [-0.25, -0.2) is 4.79 Å². The van der Waals surface area contributed by atoms with Gasteiger partial charge in [-0.1, -0.05) is 45.5 Å². The van der Waals surface area contributed by atoms with E-state index in [4.69, 9.17) is 4.74 Å². The molecule has 0 aromatic rings. The minimum absolute atomic E-state index is 0.285. The smallest absolute Gasteiger partial charge is 0.329 e. The van der Waals surface area contributed by atoms with E-state index < -0.39 is 8.07 Å². The Morgan fingerprint density at radius 3 is 2.08 bits per heavy atom. The molecule has 0 aromatic heterocycles. The van der Waals surface area contributed by atoms with Crippen LogP contribution in [0.25, 0.3) is 0 Å². The Kier molecular flexibility index (Phi) is 5.71. The van der Waals surface area contributed by atoms with E-state index in [0.29, 0.717) is 6.23 Å². The van der Waals surface area contributed by atoms with Gasteiger partial charge < -0.3 is 4.74 Å². The van der Waals surface area contributed by atoms with Crippen molar-refractivity contribution in [2.24, 2.45) is 0 Å². The summed E-state index contributed by atoms with van der Waals surface area (Å²) in [4.78, 5) is 10.9. The molecule has 0 N–H and O–H groups in total. The van der Waals surface area contributed by atoms with Gasteiger partial charge in [0.15, 0.2) is 0 Å². The SMILES string of the molecule is C=CC(=O)OC[Si](CC)(CC)CC. The minimum atomic E-state index is -1.29. The Hall–Kier alpha value is -0.573. The van der Waals surface area contributed by atoms with Crippen LogP contribution in [0.5, 0.6) is 0 Å². The van der Waals surface area contributed by atoms with Gasteiger partial charge in [0, 0.05) is 6.08 Å². The number of carbonyl (C=O) groups is 1. The van der Waals surface area contributed by atoms with Crippen molar-refractivity contribution in [2.45, 2.75) is 38.9 Å². The zero-order valence-corrected chi connectivity index (χ0v) is 9.93. The van der Waals surface area contributed by atoms with Crippen molar-refractivity contribution >= 4 is 14.0 Å². The fourth-order valence-electron chi connectivity index (χ4n) is 1.34. The number of ether oxygens (including phenoxy) is 1. The van der Waals surface area contributed by atoms with Crippen molar-refractivity contribution in [1.82, 2.24) is 0 Å². The topological polar surface area (TPSA) is 26.3 Å². The van der Waals surface area contributed by atoms with E-state index in [1.54, 1.807) is 0 Å². The van der Waals surface area contributed by atoms with Gasteiger partial charge in [0.1, 0.15) is 0 Å². The summed E-state index contributed by atoms with van der Waals surface area (Å²) in [6.07, 6.45) is 1.89. The highest BCUT2D eigenvalue weighted by Crippen LogP contribution is 2.20. The molecule has 0 aliphatic heterocycles. The largest absolute Gasteiger partial charge is 0.466 e. The Bertz CT molecular complexity index is 165. The molecule has 0 aromatic carbocycles. The maximum absolute atomic E-state index is 10.9. The van der Waals surface area contributed by atoms with E-state index in [0.717, 1.165) is 0 Å². The second-order valence-electron chi connectivity index (χ2n) is 3.37. The first-order chi connectivity index (χ1) is 6.14. The number of esters is 1. The summed E-state index contributed by atoms with van der Waals surface area (Å²) >= 11 is 0. The molecule has 13 heavy (non-hydrogen) atoms. The van der Waals surface area contributed by atoms with Crippen LogP contribution in [0.3, 0.4) is 0 Å². The summed E-state index contributed by atoms with van der Waals surface area (Å²) in [5.41, 5.74) is 0. The van der Waals surface area contributed by atoms with Gasteiger partial charge in [-0.2, -0.15) is 0 Å². The Balaban J connectivity index is 4.09. The van der Waals surface area contributed by atoms with E-state index >= 15 is 0 Å². The highest BCUT2D eigenvalue weighted by Gasteiger charge is 2.28. The van der Waals surface area contributed by atoms with Crippen LogP contribution in [0, 0.1) is 0 Å². The van der Waals surface area contributed by atoms with Crippen LogP contribution in [-0.2, 0) is 9.53 Å². The molecule has 0 aliphatic carbocycles. The Morgan fingerprint density at radius 2 is 1.77 bits per heavy atom. The van der Waals surface area contributed by atoms with Crippen LogP contribution in [0.2, 0.25) is 18.1 Å². The molecule has 0 atom stereocenters. The first kappa shape index (κ1) is 12.4. The first-order valence-corrected chi connectivity index (χ1v) is 7.76. The van der Waals surface area contributed by atoms with Gasteiger partial charge in [0.2, 0.25) is 0 Å². The van der Waals surface area contributed by atoms with Crippen LogP contribution in [0.15, 0.2) is 12.7 Å². The second-order valence-corrected chi connectivity index (χ2v) is 8.78. The maximum atomic E-state index is 10.9. The van der Waals surface area contributed by atoms with Gasteiger partial charge in [-0.3, -0.25) is 0 Å². The number of carbonyl (C=O) groups excluding carboxylic acids is 1. The molecule has 2 nitrogen and oxygen atoms in total. The predicted octanol–water partition coefficient (Wildman–Crippen LogP) is 2.76. The first-order valence-electron chi connectivity index (χ1n) is 4.93. The summed E-state index contributed by atoms with van der Waals surface area (Å²) in [6, 6.07) is 3.55. The van der Waals surface area contributed by atoms with Crippen molar-refractivity contribution in [2.75, 3.05) is 6.23 Å². The highest BCUT2D eigenvalue weighted by atomic mass is 28.3. The molecule has 0 unspecified atom stereocenters. The normalized spacial score (nSPS) is 11.0. The third-order valence-electron chi connectivity index (χ3n) is 2.94. The molecule has 0 aliphatic rings. The summed E-state index contributed by atoms with van der Waals surface area (Å²) in [5.74, 6) is -0.285. The van der Waals surface area contributed by atoms with E-state index in [1.165, 1.54) is 24.2 Å². The molecule has 0 spiro atoms. The van der Waals surface area contributed by atoms with Gasteiger partial charge >= 0.3 is 5.97 Å². The quantitative estimate of drug-likeness (QED) is 0.374. The number of rotatable bonds is 6. The van der Waals surface area contributed by atoms with E-state index in [2.05, 4.69) is 27.4 Å². The molecule has 76 valence electrons. The molecule has 0 bridgehead atoms. The van der Waals surface area contributed by atoms with Crippen LogP contribution in [0.1, 0.15) is 20.8 Å². The fourth-order valence-corrected chi connectivity index (χ4v) is 3.90. The Morgan fingerprint density at radius 1 is 1.31 bits per heavy atom. The highest BCUT2D eigenvalue weighted by molar-refractivity contribution is 6.79. The molecule has 0 radical (unpaired) electrons. The average molecular weight is 200 g/mol. The van der Waals surface area contributed by atoms with Crippen LogP contribution in [-0.4, -0.2) is 20.3 Å². The molecule has 0 heterocycles. The van der Waals surface area contributed by atoms with Gasteiger partial charge in [0.25, 0.3) is 0 Å². The van der Waals surface area contributed by atoms with Crippen molar-refractivity contribution in [3.63, 3.8) is 0 Å². The van der Waals surface area contributed by atoms with E-state index in [-0.39, 0.29) is 5.97 Å². The minimum Gasteiger partial charge on any atom is -0.466 e. The third kappa shape index (κ3) is 3.76. The molecule has 0 fully saturated rings. The molecule has 0 rings (SSSR count). The van der Waals surface area contributed by atoms with Crippen molar-refractivity contribution in [3.05, 3.63) is 12.7 Å². The molecule has 0 amide bonds. The maximum Gasteiger partial charge on any atom is 0.329 e. The second kappa shape index (κ2) is 5.97. The zero-order chi connectivity index (χ0) is 10.3. The number of hydrogen-bond acceptors (Lipinski definition) is 2. The van der Waals surface area contributed by atoms with Crippen molar-refractivity contribution in [1.29, 1.82) is 0 Å². The average Bonchev–Trinajstić information content (AvgIpc) is 2.20. The summed E-state index contributed by atoms with van der Waals surface area (Å²) in [6.45, 7) is 9.97. The molecule has 0 saturated carbocycles. The fraction of sp³-hybridized carbons (Fsp3) is 0.700. The summed E-state index contributed by atoms with van der Waals surface area (Å²) < 4.78 is 5.13. The van der Waals surface area contributed by atoms with Gasteiger partial charge in [0.05, 0.1) is 14.3 Å². The lowest BCUT2D eigenvalue weighted by molar-refractivity contribution is -0.136. The lowest BCUT2D eigenvalue weighted by Gasteiger charge is -2.26. The van der Waals surface area contributed by atoms with Gasteiger partial charge in [-0.15, -0.1) is 0 Å². The third-order valence-corrected chi connectivity index (χ3v) is 8.19. The monoisotopic (exact) mass is 200 g/mol. The molecule has 3 heteroatoms. The van der Waals surface area contributed by atoms with Crippen molar-refractivity contribution < 1.29 is 9.53 Å². The summed E-state index contributed by atoms with van der Waals surface area (Å²) in [5, 5.41) is 0. The van der Waals surface area contributed by atoms with Crippen LogP contribution >= 0.6 is 0 Å². The molecule has 0 saturated heterocycles. The molecular formula is C10H20O2Si. The van der Waals surface area contributed by atoms with Crippen LogP contribution < -0.4 is 0 Å². The van der Waals surface area contributed by atoms with E-state index in [9.17, 15) is 4.79 Å². The van der Waals surface area contributed by atoms with E-state index in [1.807, 2.05) is 0 Å². The predicted molar refractivity (Wildman–Crippen MR) is 58.4 cm³/mol. The lowest BCUT2D eigenvalue weighted by atomic mass is 10.7. The summed E-state index contributed by atoms with van der Waals surface area (Å²) in [7, 11) is -1.29. The lowest BCUT2D eigenvalue weighted by Crippen LogP contribution is -2.38. The Labute approximate surface area is 82.0 Å².